The van der Waals surface area contributed by atoms with Gasteiger partial charge in [0.25, 0.3) is 11.5 Å². The largest absolute Gasteiger partial charge is 0.507 e. The van der Waals surface area contributed by atoms with Crippen LogP contribution in [0, 0.1) is 16.0 Å². The first-order chi connectivity index (χ1) is 17.7. The van der Waals surface area contributed by atoms with Crippen molar-refractivity contribution in [3.63, 3.8) is 0 Å². The van der Waals surface area contributed by atoms with Gasteiger partial charge in [0.1, 0.15) is 17.6 Å². The van der Waals surface area contributed by atoms with Gasteiger partial charge in [0.05, 0.1) is 27.3 Å². The second kappa shape index (κ2) is 9.75. The standard InChI is InChI=1S/C26H21N3O6S2/c1-14(2)13-35-17-6-3-5-15(11-17)23(30)21-22(19-7-4-10-36-19)28(25(32)24(21)31)26-27-18-9-8-16(29(33)34)12-20(18)37-26/h3-12,14,22,30H,13H2,1-2H3/b23-21+. The number of hydrogen-bond acceptors (Lipinski definition) is 9. The summed E-state index contributed by atoms with van der Waals surface area (Å²) in [5.41, 5.74) is 0.658. The Labute approximate surface area is 219 Å². The van der Waals surface area contributed by atoms with Crippen molar-refractivity contribution in [2.45, 2.75) is 19.9 Å². The molecule has 1 unspecified atom stereocenters. The highest BCUT2D eigenvalue weighted by Crippen LogP contribution is 2.45. The molecule has 1 N–H and O–H groups in total. The number of amides is 1. The molecule has 1 amide bonds. The summed E-state index contributed by atoms with van der Waals surface area (Å²) in [6.07, 6.45) is 0. The molecule has 188 valence electrons. The minimum absolute atomic E-state index is 0.0568. The van der Waals surface area contributed by atoms with Gasteiger partial charge in [0, 0.05) is 22.6 Å². The summed E-state index contributed by atoms with van der Waals surface area (Å²) >= 11 is 2.41. The number of ether oxygens (including phenoxy) is 1. The number of hydrogen-bond donors (Lipinski definition) is 1. The van der Waals surface area contributed by atoms with E-state index < -0.39 is 22.7 Å². The molecule has 0 bridgehead atoms. The topological polar surface area (TPSA) is 123 Å². The van der Waals surface area contributed by atoms with Crippen molar-refractivity contribution in [2.24, 2.45) is 5.92 Å². The maximum Gasteiger partial charge on any atom is 0.301 e. The Hall–Kier alpha value is -4.09. The highest BCUT2D eigenvalue weighted by atomic mass is 32.1. The average Bonchev–Trinajstić information content (AvgIpc) is 3.60. The van der Waals surface area contributed by atoms with Crippen molar-refractivity contribution in [1.29, 1.82) is 0 Å². The number of thiophene rings is 1. The molecule has 1 aliphatic heterocycles. The van der Waals surface area contributed by atoms with E-state index in [0.29, 0.717) is 38.9 Å². The summed E-state index contributed by atoms with van der Waals surface area (Å²) in [6, 6.07) is 13.6. The summed E-state index contributed by atoms with van der Waals surface area (Å²) in [7, 11) is 0. The molecule has 11 heteroatoms. The smallest absolute Gasteiger partial charge is 0.301 e. The molecule has 9 nitrogen and oxygen atoms in total. The third kappa shape index (κ3) is 4.58. The highest BCUT2D eigenvalue weighted by Gasteiger charge is 2.48. The third-order valence-corrected chi connectivity index (χ3v) is 7.67. The predicted octanol–water partition coefficient (Wildman–Crippen LogP) is 5.93. The maximum absolute atomic E-state index is 13.3. The zero-order chi connectivity index (χ0) is 26.3. The van der Waals surface area contributed by atoms with Crippen molar-refractivity contribution in [3.05, 3.63) is 86.1 Å². The van der Waals surface area contributed by atoms with Crippen LogP contribution < -0.4 is 9.64 Å². The number of nitro groups is 1. The first-order valence-corrected chi connectivity index (χ1v) is 13.1. The van der Waals surface area contributed by atoms with Crippen molar-refractivity contribution < 1.29 is 24.4 Å². The van der Waals surface area contributed by atoms with Gasteiger partial charge in [-0.15, -0.1) is 11.3 Å². The van der Waals surface area contributed by atoms with Crippen LogP contribution in [0.15, 0.2) is 65.6 Å². The Bertz CT molecular complexity index is 1560. The zero-order valence-corrected chi connectivity index (χ0v) is 21.4. The molecule has 1 saturated heterocycles. The fourth-order valence-electron chi connectivity index (χ4n) is 4.02. The van der Waals surface area contributed by atoms with E-state index in [0.717, 1.165) is 11.3 Å². The van der Waals surface area contributed by atoms with Crippen LogP contribution in [0.1, 0.15) is 30.3 Å². The van der Waals surface area contributed by atoms with Crippen molar-refractivity contribution in [1.82, 2.24) is 4.98 Å². The lowest BCUT2D eigenvalue weighted by Crippen LogP contribution is -2.28. The van der Waals surface area contributed by atoms with Crippen molar-refractivity contribution in [3.8, 4) is 5.75 Å². The lowest BCUT2D eigenvalue weighted by Gasteiger charge is -2.21. The Balaban J connectivity index is 1.62. The Kier molecular flexibility index (Phi) is 6.48. The number of ketones is 1. The van der Waals surface area contributed by atoms with E-state index in [-0.39, 0.29) is 22.2 Å². The second-order valence-electron chi connectivity index (χ2n) is 8.82. The van der Waals surface area contributed by atoms with Crippen molar-refractivity contribution in [2.75, 3.05) is 11.5 Å². The normalized spacial score (nSPS) is 17.2. The molecule has 1 aliphatic rings. The number of rotatable bonds is 7. The summed E-state index contributed by atoms with van der Waals surface area (Å²) < 4.78 is 6.27. The van der Waals surface area contributed by atoms with Gasteiger partial charge in [-0.1, -0.05) is 43.4 Å². The molecule has 0 spiro atoms. The summed E-state index contributed by atoms with van der Waals surface area (Å²) in [5.74, 6) is -1.15. The van der Waals surface area contributed by atoms with Gasteiger partial charge >= 0.3 is 5.91 Å². The number of thiazole rings is 1. The van der Waals surface area contributed by atoms with Gasteiger partial charge in [-0.05, 0) is 35.6 Å². The predicted molar refractivity (Wildman–Crippen MR) is 142 cm³/mol. The van der Waals surface area contributed by atoms with E-state index >= 15 is 0 Å². The molecule has 4 aromatic rings. The van der Waals surface area contributed by atoms with E-state index in [4.69, 9.17) is 4.74 Å². The number of non-ortho nitro benzene ring substituents is 1. The summed E-state index contributed by atoms with van der Waals surface area (Å²) in [5, 5.41) is 24.5. The van der Waals surface area contributed by atoms with Crippen LogP contribution in [0.3, 0.4) is 0 Å². The van der Waals surface area contributed by atoms with Crippen LogP contribution in [-0.2, 0) is 9.59 Å². The number of carbonyl (C=O) groups excluding carboxylic acids is 2. The van der Waals surface area contributed by atoms with E-state index in [9.17, 15) is 24.8 Å². The van der Waals surface area contributed by atoms with Crippen LogP contribution in [0.4, 0.5) is 10.8 Å². The number of anilines is 1. The highest BCUT2D eigenvalue weighted by molar-refractivity contribution is 7.22. The van der Waals surface area contributed by atoms with Crippen molar-refractivity contribution >= 4 is 61.2 Å². The number of aliphatic hydroxyl groups excluding tert-OH is 1. The van der Waals surface area contributed by atoms with Crippen LogP contribution in [0.25, 0.3) is 16.0 Å². The third-order valence-electron chi connectivity index (χ3n) is 5.73. The minimum atomic E-state index is -0.907. The van der Waals surface area contributed by atoms with E-state index in [1.807, 2.05) is 19.2 Å². The van der Waals surface area contributed by atoms with Crippen LogP contribution in [0.2, 0.25) is 0 Å². The Morgan fingerprint density at radius 1 is 1.19 bits per heavy atom. The molecule has 0 saturated carbocycles. The second-order valence-corrected chi connectivity index (χ2v) is 10.8. The molecule has 1 fully saturated rings. The summed E-state index contributed by atoms with van der Waals surface area (Å²) in [6.45, 7) is 4.53. The molecule has 1 atom stereocenters. The summed E-state index contributed by atoms with van der Waals surface area (Å²) in [4.78, 5) is 43.8. The lowest BCUT2D eigenvalue weighted by molar-refractivity contribution is -0.384. The molecular weight excluding hydrogens is 514 g/mol. The fourth-order valence-corrected chi connectivity index (χ4v) is 5.86. The van der Waals surface area contributed by atoms with Gasteiger partial charge in [0.2, 0.25) is 0 Å². The number of aromatic nitrogens is 1. The number of nitro benzene ring substituents is 1. The first kappa shape index (κ1) is 24.6. The van der Waals surface area contributed by atoms with Gasteiger partial charge in [-0.2, -0.15) is 0 Å². The van der Waals surface area contributed by atoms with Gasteiger partial charge in [0.15, 0.2) is 5.13 Å². The monoisotopic (exact) mass is 535 g/mol. The van der Waals surface area contributed by atoms with Gasteiger partial charge in [-0.25, -0.2) is 4.98 Å². The fraction of sp³-hybridized carbons (Fsp3) is 0.192. The molecule has 2 aromatic heterocycles. The molecular formula is C26H21N3O6S2. The number of carbonyl (C=O) groups is 2. The van der Waals surface area contributed by atoms with E-state index in [1.165, 1.54) is 34.4 Å². The average molecular weight is 536 g/mol. The van der Waals surface area contributed by atoms with Gasteiger partial charge < -0.3 is 9.84 Å². The van der Waals surface area contributed by atoms with Crippen LogP contribution >= 0.6 is 22.7 Å². The van der Waals surface area contributed by atoms with Gasteiger partial charge in [-0.3, -0.25) is 24.6 Å². The quantitative estimate of drug-likeness (QED) is 0.102. The molecule has 37 heavy (non-hydrogen) atoms. The molecule has 3 heterocycles. The van der Waals surface area contributed by atoms with E-state index in [2.05, 4.69) is 4.98 Å². The minimum Gasteiger partial charge on any atom is -0.507 e. The Morgan fingerprint density at radius 3 is 2.70 bits per heavy atom. The lowest BCUT2D eigenvalue weighted by atomic mass is 10.00. The van der Waals surface area contributed by atoms with Crippen LogP contribution in [0.5, 0.6) is 5.75 Å². The number of Topliss-reactive ketones (excluding diaryl/α,β-unsaturated/α-hetero) is 1. The zero-order valence-electron chi connectivity index (χ0n) is 19.8. The molecule has 5 rings (SSSR count). The van der Waals surface area contributed by atoms with Crippen LogP contribution in [-0.4, -0.2) is 33.3 Å². The molecule has 0 radical (unpaired) electrons. The number of benzene rings is 2. The number of nitrogens with zero attached hydrogens (tertiary/aromatic N) is 3. The molecule has 0 aliphatic carbocycles. The molecule has 2 aromatic carbocycles. The maximum atomic E-state index is 13.3. The number of fused-ring (bicyclic) bond motifs is 1. The first-order valence-electron chi connectivity index (χ1n) is 11.4. The van der Waals surface area contributed by atoms with E-state index in [1.54, 1.807) is 36.4 Å². The SMILES string of the molecule is CC(C)COc1cccc(/C(O)=C2\C(=O)C(=O)N(c3nc4ccc([N+](=O)[O-])cc4s3)C2c2cccs2)c1. The Morgan fingerprint density at radius 2 is 2.00 bits per heavy atom. The number of aliphatic hydroxyl groups is 1.